The van der Waals surface area contributed by atoms with Gasteiger partial charge in [0.05, 0.1) is 6.34 Å². The van der Waals surface area contributed by atoms with E-state index in [1.54, 1.807) is 6.34 Å². The second kappa shape index (κ2) is 7.40. The van der Waals surface area contributed by atoms with Crippen LogP contribution in [0.4, 0.5) is 0 Å². The molecule has 0 saturated carbocycles. The van der Waals surface area contributed by atoms with Crippen LogP contribution in [0.2, 0.25) is 0 Å². The van der Waals surface area contributed by atoms with E-state index in [9.17, 15) is 0 Å². The van der Waals surface area contributed by atoms with Crippen molar-refractivity contribution in [2.45, 2.75) is 51.7 Å². The number of unbranched alkanes of at least 4 members (excludes halogenated alkanes) is 5. The Balaban J connectivity index is 2.00. The zero-order valence-corrected chi connectivity index (χ0v) is 9.60. The van der Waals surface area contributed by atoms with Gasteiger partial charge < -0.3 is 4.90 Å². The molecule has 15 heavy (non-hydrogen) atoms. The van der Waals surface area contributed by atoms with Gasteiger partial charge in [-0.1, -0.05) is 39.0 Å². The van der Waals surface area contributed by atoms with E-state index in [0.717, 1.165) is 6.54 Å². The van der Waals surface area contributed by atoms with Crippen LogP contribution < -0.4 is 5.73 Å². The number of hydrogen-bond acceptors (Lipinski definition) is 4. The van der Waals surface area contributed by atoms with E-state index in [-0.39, 0.29) is 6.29 Å². The highest BCUT2D eigenvalue weighted by Crippen LogP contribution is 2.06. The molecule has 1 aliphatic heterocycles. The average Bonchev–Trinajstić information content (AvgIpc) is 2.25. The van der Waals surface area contributed by atoms with Crippen LogP contribution in [0.25, 0.3) is 0 Å². The van der Waals surface area contributed by atoms with E-state index in [1.165, 1.54) is 44.9 Å². The molecule has 4 nitrogen and oxygen atoms in total. The maximum absolute atomic E-state index is 5.78. The third kappa shape index (κ3) is 4.93. The van der Waals surface area contributed by atoms with Crippen molar-refractivity contribution < 1.29 is 0 Å². The van der Waals surface area contributed by atoms with Gasteiger partial charge in [-0.15, -0.1) is 0 Å². The molecule has 0 aliphatic carbocycles. The maximum atomic E-state index is 5.78. The highest BCUT2D eigenvalue weighted by molar-refractivity contribution is 5.73. The Kier molecular flexibility index (Phi) is 6.00. The fraction of sp³-hybridized carbons (Fsp3) is 0.818. The molecular weight excluding hydrogens is 188 g/mol. The van der Waals surface area contributed by atoms with Crippen molar-refractivity contribution in [3.05, 3.63) is 0 Å². The van der Waals surface area contributed by atoms with Crippen molar-refractivity contribution in [1.82, 2.24) is 4.90 Å². The van der Waals surface area contributed by atoms with Crippen LogP contribution in [0.1, 0.15) is 45.4 Å². The number of hydrogen-bond donors (Lipinski definition) is 1. The molecule has 1 heterocycles. The lowest BCUT2D eigenvalue weighted by Gasteiger charge is -2.24. The van der Waals surface area contributed by atoms with Crippen molar-refractivity contribution in [3.8, 4) is 0 Å². The third-order valence-electron chi connectivity index (χ3n) is 2.61. The van der Waals surface area contributed by atoms with Gasteiger partial charge >= 0.3 is 0 Å². The summed E-state index contributed by atoms with van der Waals surface area (Å²) in [6.07, 6.45) is 10.9. The van der Waals surface area contributed by atoms with Crippen LogP contribution in [-0.2, 0) is 0 Å². The largest absolute Gasteiger partial charge is 0.328 e. The van der Waals surface area contributed by atoms with Crippen LogP contribution >= 0.6 is 0 Å². The Bertz CT molecular complexity index is 213. The fourth-order valence-electron chi connectivity index (χ4n) is 1.64. The molecular formula is C11H22N4. The topological polar surface area (TPSA) is 54.0 Å². The van der Waals surface area contributed by atoms with Gasteiger partial charge in [0.1, 0.15) is 6.34 Å². The summed E-state index contributed by atoms with van der Waals surface area (Å²) in [5, 5.41) is 0. The minimum absolute atomic E-state index is 0.224. The summed E-state index contributed by atoms with van der Waals surface area (Å²) in [5.74, 6) is 0. The monoisotopic (exact) mass is 210 g/mol. The molecule has 1 atom stereocenters. The second-order valence-corrected chi connectivity index (χ2v) is 3.95. The highest BCUT2D eigenvalue weighted by Gasteiger charge is 2.09. The zero-order valence-electron chi connectivity index (χ0n) is 9.60. The summed E-state index contributed by atoms with van der Waals surface area (Å²) in [4.78, 5) is 9.97. The van der Waals surface area contributed by atoms with E-state index in [2.05, 4.69) is 16.9 Å². The number of nitrogens with zero attached hydrogens (tertiary/aromatic N) is 3. The summed E-state index contributed by atoms with van der Waals surface area (Å²) in [6, 6.07) is 0. The zero-order chi connectivity index (χ0) is 10.9. The van der Waals surface area contributed by atoms with Crippen molar-refractivity contribution in [2.24, 2.45) is 15.7 Å². The molecule has 0 spiro atoms. The molecule has 1 rings (SSSR count). The van der Waals surface area contributed by atoms with Gasteiger partial charge in [-0.25, -0.2) is 9.98 Å². The predicted molar refractivity (Wildman–Crippen MR) is 65.0 cm³/mol. The van der Waals surface area contributed by atoms with Crippen molar-refractivity contribution in [3.63, 3.8) is 0 Å². The smallest absolute Gasteiger partial charge is 0.176 e. The minimum atomic E-state index is -0.224. The minimum Gasteiger partial charge on any atom is -0.328 e. The molecule has 0 bridgehead atoms. The predicted octanol–water partition coefficient (Wildman–Crippen LogP) is 1.96. The van der Waals surface area contributed by atoms with E-state index in [0.29, 0.717) is 0 Å². The van der Waals surface area contributed by atoms with Crippen LogP contribution in [-0.4, -0.2) is 30.4 Å². The van der Waals surface area contributed by atoms with E-state index in [4.69, 9.17) is 5.73 Å². The van der Waals surface area contributed by atoms with E-state index >= 15 is 0 Å². The summed E-state index contributed by atoms with van der Waals surface area (Å²) in [6.45, 7) is 3.20. The van der Waals surface area contributed by atoms with E-state index in [1.807, 2.05) is 4.90 Å². The average molecular weight is 210 g/mol. The first-order chi connectivity index (χ1) is 7.34. The lowest BCUT2D eigenvalue weighted by atomic mass is 10.1. The quantitative estimate of drug-likeness (QED) is 0.653. The van der Waals surface area contributed by atoms with Crippen LogP contribution in [0.15, 0.2) is 9.98 Å². The third-order valence-corrected chi connectivity index (χ3v) is 2.61. The Morgan fingerprint density at radius 1 is 1.20 bits per heavy atom. The fourth-order valence-corrected chi connectivity index (χ4v) is 1.64. The van der Waals surface area contributed by atoms with Gasteiger partial charge in [0.2, 0.25) is 0 Å². The summed E-state index contributed by atoms with van der Waals surface area (Å²) in [7, 11) is 0. The molecule has 0 amide bonds. The van der Waals surface area contributed by atoms with Gasteiger partial charge in [0, 0.05) is 6.54 Å². The van der Waals surface area contributed by atoms with Crippen molar-refractivity contribution >= 4 is 12.7 Å². The molecule has 0 aromatic carbocycles. The first kappa shape index (κ1) is 12.2. The van der Waals surface area contributed by atoms with Crippen LogP contribution in [0.3, 0.4) is 0 Å². The first-order valence-corrected chi connectivity index (χ1v) is 5.91. The molecule has 0 saturated heterocycles. The molecule has 2 N–H and O–H groups in total. The number of rotatable bonds is 7. The Hall–Kier alpha value is -0.900. The van der Waals surface area contributed by atoms with Gasteiger partial charge in [0.25, 0.3) is 0 Å². The lowest BCUT2D eigenvalue weighted by molar-refractivity contribution is 0.323. The second-order valence-electron chi connectivity index (χ2n) is 3.95. The van der Waals surface area contributed by atoms with E-state index < -0.39 is 0 Å². The highest BCUT2D eigenvalue weighted by atomic mass is 15.3. The molecule has 1 aliphatic rings. The normalized spacial score (nSPS) is 19.9. The van der Waals surface area contributed by atoms with Gasteiger partial charge in [-0.05, 0) is 6.42 Å². The lowest BCUT2D eigenvalue weighted by Crippen LogP contribution is -2.41. The Morgan fingerprint density at radius 2 is 1.93 bits per heavy atom. The number of aliphatic imine (C=N–C) groups is 2. The molecule has 4 heteroatoms. The SMILES string of the molecule is CCCCCCCCN1C=NC=NC1N. The standard InChI is InChI=1S/C11H22N4/c1-2-3-4-5-6-7-8-15-10-13-9-14-11(15)12/h9-11H,2-8,12H2,1H3. The summed E-state index contributed by atoms with van der Waals surface area (Å²) < 4.78 is 0. The molecule has 0 aromatic heterocycles. The molecule has 0 aromatic rings. The van der Waals surface area contributed by atoms with Crippen molar-refractivity contribution in [1.29, 1.82) is 0 Å². The summed E-state index contributed by atoms with van der Waals surface area (Å²) >= 11 is 0. The van der Waals surface area contributed by atoms with Crippen LogP contribution in [0, 0.1) is 0 Å². The Labute approximate surface area is 92.3 Å². The molecule has 86 valence electrons. The molecule has 1 unspecified atom stereocenters. The molecule has 0 radical (unpaired) electrons. The number of nitrogens with two attached hydrogens (primary N) is 1. The van der Waals surface area contributed by atoms with Gasteiger partial charge in [-0.3, -0.25) is 5.73 Å². The van der Waals surface area contributed by atoms with Crippen molar-refractivity contribution in [2.75, 3.05) is 6.54 Å². The Morgan fingerprint density at radius 3 is 2.67 bits per heavy atom. The van der Waals surface area contributed by atoms with Gasteiger partial charge in [-0.2, -0.15) is 0 Å². The molecule has 0 fully saturated rings. The van der Waals surface area contributed by atoms with Crippen LogP contribution in [0.5, 0.6) is 0 Å². The first-order valence-electron chi connectivity index (χ1n) is 5.91. The maximum Gasteiger partial charge on any atom is 0.176 e. The van der Waals surface area contributed by atoms with Gasteiger partial charge in [0.15, 0.2) is 6.29 Å². The summed E-state index contributed by atoms with van der Waals surface area (Å²) in [5.41, 5.74) is 5.78.